The summed E-state index contributed by atoms with van der Waals surface area (Å²) in [6.07, 6.45) is 8.82. The fraction of sp³-hybridized carbons (Fsp3) is 1.00. The van der Waals surface area contributed by atoms with Gasteiger partial charge in [-0.3, -0.25) is 0 Å². The molecule has 0 aromatic carbocycles. The molecule has 0 aromatic rings. The Labute approximate surface area is 119 Å². The Balaban J connectivity index is 1.60. The summed E-state index contributed by atoms with van der Waals surface area (Å²) in [5.74, 6) is 0.952. The van der Waals surface area contributed by atoms with Crippen molar-refractivity contribution in [1.29, 1.82) is 0 Å². The van der Waals surface area contributed by atoms with Gasteiger partial charge in [0.2, 0.25) is 0 Å². The first kappa shape index (κ1) is 15.3. The second-order valence-corrected chi connectivity index (χ2v) is 6.36. The van der Waals surface area contributed by atoms with E-state index >= 15 is 0 Å². The number of nitrogens with zero attached hydrogens (tertiary/aromatic N) is 1. The summed E-state index contributed by atoms with van der Waals surface area (Å²) in [7, 11) is 0. The van der Waals surface area contributed by atoms with Crippen molar-refractivity contribution >= 4 is 0 Å². The van der Waals surface area contributed by atoms with E-state index in [-0.39, 0.29) is 0 Å². The van der Waals surface area contributed by atoms with Crippen molar-refractivity contribution in [3.8, 4) is 0 Å². The van der Waals surface area contributed by atoms with Crippen LogP contribution in [0.4, 0.5) is 0 Å². The lowest BCUT2D eigenvalue weighted by molar-refractivity contribution is 0.0270. The first-order valence-electron chi connectivity index (χ1n) is 8.40. The molecule has 3 heteroatoms. The number of nitrogens with one attached hydrogen (secondary N) is 1. The van der Waals surface area contributed by atoms with E-state index in [2.05, 4.69) is 24.1 Å². The van der Waals surface area contributed by atoms with Crippen molar-refractivity contribution in [3.05, 3.63) is 0 Å². The van der Waals surface area contributed by atoms with Crippen molar-refractivity contribution < 1.29 is 4.74 Å². The van der Waals surface area contributed by atoms with Gasteiger partial charge in [-0.1, -0.05) is 20.3 Å². The summed E-state index contributed by atoms with van der Waals surface area (Å²) in [6.45, 7) is 10.5. The normalized spacial score (nSPS) is 32.2. The van der Waals surface area contributed by atoms with Crippen LogP contribution >= 0.6 is 0 Å². The molecule has 0 bridgehead atoms. The summed E-state index contributed by atoms with van der Waals surface area (Å²) in [5, 5.41) is 3.48. The van der Waals surface area contributed by atoms with Gasteiger partial charge in [0, 0.05) is 19.6 Å². The summed E-state index contributed by atoms with van der Waals surface area (Å²) >= 11 is 0. The smallest absolute Gasteiger partial charge is 0.0707 e. The predicted octanol–water partition coefficient (Wildman–Crippen LogP) is 2.66. The van der Waals surface area contributed by atoms with E-state index in [4.69, 9.17) is 4.74 Å². The van der Waals surface area contributed by atoms with E-state index in [1.807, 2.05) is 0 Å². The predicted molar refractivity (Wildman–Crippen MR) is 80.5 cm³/mol. The quantitative estimate of drug-likeness (QED) is 0.685. The molecule has 0 amide bonds. The molecule has 3 nitrogen and oxygen atoms in total. The Morgan fingerprint density at radius 1 is 1.11 bits per heavy atom. The van der Waals surface area contributed by atoms with Crippen molar-refractivity contribution in [2.24, 2.45) is 5.92 Å². The lowest BCUT2D eigenvalue weighted by Crippen LogP contribution is -2.33. The van der Waals surface area contributed by atoms with Gasteiger partial charge in [0.25, 0.3) is 0 Å². The third kappa shape index (κ3) is 5.05. The summed E-state index contributed by atoms with van der Waals surface area (Å²) in [6, 6.07) is 0. The maximum Gasteiger partial charge on any atom is 0.0707 e. The average Bonchev–Trinajstić information content (AvgIpc) is 3.01. The number of likely N-dealkylation sites (tertiary alicyclic amines) is 1. The van der Waals surface area contributed by atoms with Crippen molar-refractivity contribution in [1.82, 2.24) is 10.2 Å². The summed E-state index contributed by atoms with van der Waals surface area (Å²) in [5.41, 5.74) is 0. The molecule has 2 aliphatic rings. The van der Waals surface area contributed by atoms with E-state index in [0.29, 0.717) is 12.2 Å². The second-order valence-electron chi connectivity index (χ2n) is 6.36. The molecule has 112 valence electrons. The minimum atomic E-state index is 0.464. The van der Waals surface area contributed by atoms with Crippen LogP contribution in [0.5, 0.6) is 0 Å². The Hall–Kier alpha value is -0.120. The average molecular weight is 268 g/mol. The molecule has 2 rings (SSSR count). The highest BCUT2D eigenvalue weighted by atomic mass is 16.5. The minimum absolute atomic E-state index is 0.464. The number of hydrogen-bond donors (Lipinski definition) is 1. The van der Waals surface area contributed by atoms with Gasteiger partial charge in [-0.2, -0.15) is 0 Å². The highest BCUT2D eigenvalue weighted by molar-refractivity contribution is 4.82. The molecule has 2 aliphatic heterocycles. The molecule has 0 saturated carbocycles. The van der Waals surface area contributed by atoms with Crippen LogP contribution in [0.2, 0.25) is 0 Å². The van der Waals surface area contributed by atoms with Crippen LogP contribution in [0, 0.1) is 5.92 Å². The molecule has 0 aliphatic carbocycles. The molecular formula is C16H32N2O. The third-order valence-electron chi connectivity index (χ3n) is 4.52. The fourth-order valence-corrected chi connectivity index (χ4v) is 3.51. The highest BCUT2D eigenvalue weighted by Gasteiger charge is 2.29. The van der Waals surface area contributed by atoms with Gasteiger partial charge in [-0.05, 0) is 51.1 Å². The van der Waals surface area contributed by atoms with Crippen LogP contribution in [0.3, 0.4) is 0 Å². The van der Waals surface area contributed by atoms with E-state index in [9.17, 15) is 0 Å². The van der Waals surface area contributed by atoms with Crippen LogP contribution in [-0.4, -0.2) is 49.8 Å². The number of ether oxygens (including phenoxy) is 1. The van der Waals surface area contributed by atoms with Gasteiger partial charge in [-0.15, -0.1) is 0 Å². The zero-order chi connectivity index (χ0) is 13.5. The van der Waals surface area contributed by atoms with Gasteiger partial charge in [0.1, 0.15) is 0 Å². The molecular weight excluding hydrogens is 236 g/mol. The second kappa shape index (κ2) is 8.23. The molecule has 3 atom stereocenters. The van der Waals surface area contributed by atoms with Crippen LogP contribution in [0.1, 0.15) is 52.4 Å². The molecule has 1 N–H and O–H groups in total. The van der Waals surface area contributed by atoms with Gasteiger partial charge in [0.15, 0.2) is 0 Å². The molecule has 0 aromatic heterocycles. The molecule has 19 heavy (non-hydrogen) atoms. The van der Waals surface area contributed by atoms with Crippen molar-refractivity contribution in [2.45, 2.75) is 64.6 Å². The Bertz CT molecular complexity index is 247. The van der Waals surface area contributed by atoms with Gasteiger partial charge >= 0.3 is 0 Å². The minimum Gasteiger partial charge on any atom is -0.372 e. The zero-order valence-electron chi connectivity index (χ0n) is 12.9. The largest absolute Gasteiger partial charge is 0.372 e. The molecule has 2 heterocycles. The van der Waals surface area contributed by atoms with E-state index in [1.165, 1.54) is 58.2 Å². The van der Waals surface area contributed by atoms with E-state index in [0.717, 1.165) is 19.0 Å². The number of rotatable bonds is 8. The fourth-order valence-electron chi connectivity index (χ4n) is 3.51. The van der Waals surface area contributed by atoms with Crippen LogP contribution in [-0.2, 0) is 4.74 Å². The summed E-state index contributed by atoms with van der Waals surface area (Å²) < 4.78 is 6.16. The summed E-state index contributed by atoms with van der Waals surface area (Å²) in [4.78, 5) is 2.63. The molecule has 2 fully saturated rings. The topological polar surface area (TPSA) is 24.5 Å². The highest BCUT2D eigenvalue weighted by Crippen LogP contribution is 2.25. The van der Waals surface area contributed by atoms with Crippen LogP contribution in [0.25, 0.3) is 0 Å². The van der Waals surface area contributed by atoms with Gasteiger partial charge < -0.3 is 15.0 Å². The first-order valence-corrected chi connectivity index (χ1v) is 8.40. The first-order chi connectivity index (χ1) is 9.31. The van der Waals surface area contributed by atoms with Gasteiger partial charge in [-0.25, -0.2) is 0 Å². The van der Waals surface area contributed by atoms with Crippen LogP contribution < -0.4 is 5.32 Å². The zero-order valence-corrected chi connectivity index (χ0v) is 12.9. The standard InChI is InChI=1S/C16H32N2O/c1-3-5-14-8-10-18(12-14)13-16-7-6-15(19-16)11-17-9-4-2/h14-17H,3-13H2,1-2H3. The SMILES string of the molecule is CCCNCC1CCC(CN2CCC(CCC)C2)O1. The monoisotopic (exact) mass is 268 g/mol. The third-order valence-corrected chi connectivity index (χ3v) is 4.52. The Kier molecular flexibility index (Phi) is 6.62. The van der Waals surface area contributed by atoms with Crippen LogP contribution in [0.15, 0.2) is 0 Å². The number of hydrogen-bond acceptors (Lipinski definition) is 3. The van der Waals surface area contributed by atoms with Crippen molar-refractivity contribution in [2.75, 3.05) is 32.7 Å². The molecule has 0 spiro atoms. The Morgan fingerprint density at radius 2 is 1.95 bits per heavy atom. The Morgan fingerprint density at radius 3 is 2.74 bits per heavy atom. The molecule has 3 unspecified atom stereocenters. The maximum atomic E-state index is 6.16. The maximum absolute atomic E-state index is 6.16. The van der Waals surface area contributed by atoms with E-state index < -0.39 is 0 Å². The van der Waals surface area contributed by atoms with Gasteiger partial charge in [0.05, 0.1) is 12.2 Å². The molecule has 2 saturated heterocycles. The van der Waals surface area contributed by atoms with E-state index in [1.54, 1.807) is 0 Å². The lowest BCUT2D eigenvalue weighted by Gasteiger charge is -2.21. The van der Waals surface area contributed by atoms with Crippen molar-refractivity contribution in [3.63, 3.8) is 0 Å². The lowest BCUT2D eigenvalue weighted by atomic mass is 10.0. The molecule has 0 radical (unpaired) electrons.